The summed E-state index contributed by atoms with van der Waals surface area (Å²) in [5.41, 5.74) is 2.49. The molecule has 0 radical (unpaired) electrons. The highest BCUT2D eigenvalue weighted by Crippen LogP contribution is 2.23. The fourth-order valence-electron chi connectivity index (χ4n) is 2.86. The Morgan fingerprint density at radius 1 is 1.61 bits per heavy atom. The van der Waals surface area contributed by atoms with E-state index in [1.54, 1.807) is 6.33 Å². The van der Waals surface area contributed by atoms with Crippen LogP contribution in [-0.2, 0) is 17.7 Å². The molecule has 100 valence electrons. The maximum absolute atomic E-state index is 5.77. The lowest BCUT2D eigenvalue weighted by atomic mass is 10.0. The van der Waals surface area contributed by atoms with Crippen LogP contribution in [0.25, 0.3) is 0 Å². The van der Waals surface area contributed by atoms with E-state index in [1.807, 2.05) is 0 Å². The molecule has 2 unspecified atom stereocenters. The standard InChI is InChI=1S/C13H22N4O/c1-13(3-2-4-18-13)8-14-6-10-5-11-12(7-15-10)17-9-16-11/h9-10,14-15H,2-8H2,1H3,(H,16,17). The third kappa shape index (κ3) is 2.58. The third-order valence-electron chi connectivity index (χ3n) is 4.00. The van der Waals surface area contributed by atoms with Gasteiger partial charge < -0.3 is 20.4 Å². The maximum atomic E-state index is 5.77. The first-order valence-corrected chi connectivity index (χ1v) is 6.84. The minimum absolute atomic E-state index is 0.0478. The Kier molecular flexibility index (Phi) is 3.37. The molecule has 1 aromatic rings. The summed E-state index contributed by atoms with van der Waals surface area (Å²) in [6.45, 7) is 5.93. The normalized spacial score (nSPS) is 31.5. The van der Waals surface area contributed by atoms with Gasteiger partial charge in [0.1, 0.15) is 0 Å². The zero-order valence-electron chi connectivity index (χ0n) is 11.0. The molecule has 3 rings (SSSR count). The molecule has 0 spiro atoms. The van der Waals surface area contributed by atoms with Crippen LogP contribution in [-0.4, -0.2) is 41.3 Å². The van der Waals surface area contributed by atoms with Crippen molar-refractivity contribution in [3.8, 4) is 0 Å². The summed E-state index contributed by atoms with van der Waals surface area (Å²) in [4.78, 5) is 7.53. The van der Waals surface area contributed by atoms with Crippen molar-refractivity contribution in [1.29, 1.82) is 0 Å². The van der Waals surface area contributed by atoms with Crippen molar-refractivity contribution in [2.45, 2.75) is 44.4 Å². The highest BCUT2D eigenvalue weighted by atomic mass is 16.5. The molecule has 0 amide bonds. The van der Waals surface area contributed by atoms with E-state index >= 15 is 0 Å². The van der Waals surface area contributed by atoms with E-state index in [-0.39, 0.29) is 5.60 Å². The van der Waals surface area contributed by atoms with E-state index in [9.17, 15) is 0 Å². The van der Waals surface area contributed by atoms with Gasteiger partial charge in [-0.25, -0.2) is 4.98 Å². The molecule has 5 heteroatoms. The van der Waals surface area contributed by atoms with Crippen LogP contribution in [0.5, 0.6) is 0 Å². The van der Waals surface area contributed by atoms with Gasteiger partial charge >= 0.3 is 0 Å². The number of hydrogen-bond acceptors (Lipinski definition) is 4. The van der Waals surface area contributed by atoms with Gasteiger partial charge in [-0.15, -0.1) is 0 Å². The zero-order chi connectivity index (χ0) is 12.4. The molecule has 2 aliphatic rings. The molecule has 1 saturated heterocycles. The van der Waals surface area contributed by atoms with Gasteiger partial charge in [0.05, 0.1) is 23.3 Å². The van der Waals surface area contributed by atoms with Gasteiger partial charge in [-0.3, -0.25) is 0 Å². The molecule has 0 aromatic carbocycles. The molecule has 1 aromatic heterocycles. The van der Waals surface area contributed by atoms with Gasteiger partial charge in [0, 0.05) is 38.7 Å². The van der Waals surface area contributed by atoms with E-state index in [0.29, 0.717) is 6.04 Å². The predicted octanol–water partition coefficient (Wildman–Crippen LogP) is 0.583. The van der Waals surface area contributed by atoms with Crippen molar-refractivity contribution >= 4 is 0 Å². The van der Waals surface area contributed by atoms with Crippen LogP contribution < -0.4 is 10.6 Å². The maximum Gasteiger partial charge on any atom is 0.0925 e. The average Bonchev–Trinajstić information content (AvgIpc) is 2.97. The van der Waals surface area contributed by atoms with E-state index in [1.165, 1.54) is 24.2 Å². The van der Waals surface area contributed by atoms with Crippen LogP contribution in [0.15, 0.2) is 6.33 Å². The van der Waals surface area contributed by atoms with E-state index in [4.69, 9.17) is 4.74 Å². The number of H-pyrrole nitrogens is 1. The number of nitrogens with zero attached hydrogens (tertiary/aromatic N) is 1. The molecule has 3 heterocycles. The minimum Gasteiger partial charge on any atom is -0.374 e. The van der Waals surface area contributed by atoms with Crippen molar-refractivity contribution in [3.63, 3.8) is 0 Å². The zero-order valence-corrected chi connectivity index (χ0v) is 11.0. The number of rotatable bonds is 4. The highest BCUT2D eigenvalue weighted by molar-refractivity contribution is 5.15. The lowest BCUT2D eigenvalue weighted by Gasteiger charge is -2.27. The number of hydrogen-bond donors (Lipinski definition) is 3. The Morgan fingerprint density at radius 3 is 3.39 bits per heavy atom. The van der Waals surface area contributed by atoms with Crippen molar-refractivity contribution in [1.82, 2.24) is 20.6 Å². The monoisotopic (exact) mass is 250 g/mol. The molecule has 18 heavy (non-hydrogen) atoms. The number of fused-ring (bicyclic) bond motifs is 1. The lowest BCUT2D eigenvalue weighted by molar-refractivity contribution is 0.0206. The van der Waals surface area contributed by atoms with E-state index in [0.717, 1.165) is 32.7 Å². The Labute approximate surface area is 108 Å². The van der Waals surface area contributed by atoms with Crippen LogP contribution in [0.4, 0.5) is 0 Å². The molecular weight excluding hydrogens is 228 g/mol. The predicted molar refractivity (Wildman–Crippen MR) is 69.4 cm³/mol. The molecule has 2 atom stereocenters. The molecule has 0 aliphatic carbocycles. The Hall–Kier alpha value is -0.910. The van der Waals surface area contributed by atoms with Crippen molar-refractivity contribution < 1.29 is 4.74 Å². The van der Waals surface area contributed by atoms with Crippen molar-refractivity contribution in [2.24, 2.45) is 0 Å². The highest BCUT2D eigenvalue weighted by Gasteiger charge is 2.29. The summed E-state index contributed by atoms with van der Waals surface area (Å²) >= 11 is 0. The van der Waals surface area contributed by atoms with Crippen LogP contribution >= 0.6 is 0 Å². The smallest absolute Gasteiger partial charge is 0.0925 e. The van der Waals surface area contributed by atoms with Crippen LogP contribution in [0, 0.1) is 0 Å². The van der Waals surface area contributed by atoms with Gasteiger partial charge in [0.15, 0.2) is 0 Å². The van der Waals surface area contributed by atoms with Crippen LogP contribution in [0.2, 0.25) is 0 Å². The van der Waals surface area contributed by atoms with Gasteiger partial charge in [-0.1, -0.05) is 0 Å². The largest absolute Gasteiger partial charge is 0.374 e. The topological polar surface area (TPSA) is 62.0 Å². The molecular formula is C13H22N4O. The fourth-order valence-corrected chi connectivity index (χ4v) is 2.86. The number of imidazole rings is 1. The summed E-state index contributed by atoms with van der Waals surface area (Å²) in [6, 6.07) is 0.478. The Balaban J connectivity index is 1.44. The second-order valence-corrected chi connectivity index (χ2v) is 5.64. The summed E-state index contributed by atoms with van der Waals surface area (Å²) < 4.78 is 5.77. The fraction of sp³-hybridized carbons (Fsp3) is 0.769. The van der Waals surface area contributed by atoms with Crippen LogP contribution in [0.1, 0.15) is 31.2 Å². The molecule has 3 N–H and O–H groups in total. The summed E-state index contributed by atoms with van der Waals surface area (Å²) in [6.07, 6.45) is 5.15. The second-order valence-electron chi connectivity index (χ2n) is 5.64. The molecule has 5 nitrogen and oxygen atoms in total. The first kappa shape index (κ1) is 12.1. The first-order valence-electron chi connectivity index (χ1n) is 6.84. The van der Waals surface area contributed by atoms with Gasteiger partial charge in [0.25, 0.3) is 0 Å². The summed E-state index contributed by atoms with van der Waals surface area (Å²) in [7, 11) is 0. The SMILES string of the molecule is CC1(CNCC2Cc3nc[nH]c3CN2)CCCO1. The lowest BCUT2D eigenvalue weighted by Crippen LogP contribution is -2.46. The van der Waals surface area contributed by atoms with Gasteiger partial charge in [-0.05, 0) is 19.8 Å². The summed E-state index contributed by atoms with van der Waals surface area (Å²) in [5, 5.41) is 7.06. The number of aromatic amines is 1. The van der Waals surface area contributed by atoms with Crippen molar-refractivity contribution in [2.75, 3.05) is 19.7 Å². The molecule has 1 fully saturated rings. The third-order valence-corrected chi connectivity index (χ3v) is 4.00. The molecule has 0 bridgehead atoms. The van der Waals surface area contributed by atoms with Crippen molar-refractivity contribution in [3.05, 3.63) is 17.7 Å². The quantitative estimate of drug-likeness (QED) is 0.731. The Bertz CT molecular complexity index is 397. The molecule has 2 aliphatic heterocycles. The number of aromatic nitrogens is 2. The number of ether oxygens (including phenoxy) is 1. The van der Waals surface area contributed by atoms with E-state index in [2.05, 4.69) is 27.5 Å². The van der Waals surface area contributed by atoms with E-state index < -0.39 is 0 Å². The second kappa shape index (κ2) is 4.99. The molecule has 0 saturated carbocycles. The Morgan fingerprint density at radius 2 is 2.56 bits per heavy atom. The average molecular weight is 250 g/mol. The summed E-state index contributed by atoms with van der Waals surface area (Å²) in [5.74, 6) is 0. The minimum atomic E-state index is 0.0478. The first-order chi connectivity index (χ1) is 8.75. The number of nitrogens with one attached hydrogen (secondary N) is 3. The van der Waals surface area contributed by atoms with Gasteiger partial charge in [0.2, 0.25) is 0 Å². The van der Waals surface area contributed by atoms with Gasteiger partial charge in [-0.2, -0.15) is 0 Å². The van der Waals surface area contributed by atoms with Crippen LogP contribution in [0.3, 0.4) is 0 Å².